The molecule has 0 spiro atoms. The van der Waals surface area contributed by atoms with E-state index < -0.39 is 35.7 Å². The SMILES string of the molecule is COCCNC(=O)Nc1ccc(CC(NC(=O)/C=C/c2c(-n3cnnn3)ccc(Cl)c2F)C(=O)Nc2ccc(C(=O)O)cc2)cc1. The Labute approximate surface area is 266 Å². The molecule has 4 rings (SSSR count). The molecule has 1 aromatic heterocycles. The molecule has 4 aromatic rings. The summed E-state index contributed by atoms with van der Waals surface area (Å²) in [7, 11) is 1.52. The van der Waals surface area contributed by atoms with Crippen molar-refractivity contribution in [2.45, 2.75) is 12.5 Å². The number of ether oxygens (including phenoxy) is 1. The van der Waals surface area contributed by atoms with E-state index in [-0.39, 0.29) is 28.3 Å². The van der Waals surface area contributed by atoms with Gasteiger partial charge in [0.25, 0.3) is 0 Å². The number of hydrogen-bond acceptors (Lipinski definition) is 8. The summed E-state index contributed by atoms with van der Waals surface area (Å²) < 4.78 is 21.1. The molecule has 0 saturated carbocycles. The van der Waals surface area contributed by atoms with Crippen molar-refractivity contribution < 1.29 is 33.4 Å². The smallest absolute Gasteiger partial charge is 0.335 e. The van der Waals surface area contributed by atoms with Crippen LogP contribution in [0.3, 0.4) is 0 Å². The molecule has 0 fully saturated rings. The van der Waals surface area contributed by atoms with Crippen molar-refractivity contribution in [1.82, 2.24) is 30.8 Å². The van der Waals surface area contributed by atoms with Crippen LogP contribution in [0.2, 0.25) is 5.02 Å². The van der Waals surface area contributed by atoms with Crippen LogP contribution >= 0.6 is 11.6 Å². The predicted octanol–water partition coefficient (Wildman–Crippen LogP) is 3.30. The molecule has 0 bridgehead atoms. The minimum atomic E-state index is -1.13. The van der Waals surface area contributed by atoms with E-state index >= 15 is 0 Å². The Bertz CT molecular complexity index is 1720. The Kier molecular flexibility index (Phi) is 11.5. The second-order valence-corrected chi connectivity index (χ2v) is 10.00. The molecular weight excluding hydrogens is 623 g/mol. The maximum Gasteiger partial charge on any atom is 0.335 e. The summed E-state index contributed by atoms with van der Waals surface area (Å²) in [5.74, 6) is -3.26. The predicted molar refractivity (Wildman–Crippen MR) is 166 cm³/mol. The van der Waals surface area contributed by atoms with Gasteiger partial charge in [0.1, 0.15) is 12.4 Å². The fourth-order valence-corrected chi connectivity index (χ4v) is 4.27. The van der Waals surface area contributed by atoms with E-state index in [1.54, 1.807) is 24.3 Å². The summed E-state index contributed by atoms with van der Waals surface area (Å²) in [6.07, 6.45) is 3.50. The van der Waals surface area contributed by atoms with Crippen molar-refractivity contribution in [1.29, 1.82) is 0 Å². The highest BCUT2D eigenvalue weighted by Crippen LogP contribution is 2.25. The van der Waals surface area contributed by atoms with E-state index in [1.807, 2.05) is 0 Å². The first-order valence-electron chi connectivity index (χ1n) is 13.6. The number of methoxy groups -OCH3 is 1. The Morgan fingerprint density at radius 1 is 1.02 bits per heavy atom. The minimum absolute atomic E-state index is 0.0281. The van der Waals surface area contributed by atoms with Crippen LogP contribution < -0.4 is 21.3 Å². The van der Waals surface area contributed by atoms with E-state index in [0.717, 1.165) is 6.08 Å². The van der Waals surface area contributed by atoms with Crippen LogP contribution in [0.1, 0.15) is 21.5 Å². The molecule has 0 aliphatic carbocycles. The second kappa shape index (κ2) is 15.9. The van der Waals surface area contributed by atoms with Gasteiger partial charge in [-0.05, 0) is 70.6 Å². The number of rotatable bonds is 13. The molecule has 46 heavy (non-hydrogen) atoms. The zero-order valence-electron chi connectivity index (χ0n) is 24.2. The topological polar surface area (TPSA) is 189 Å². The summed E-state index contributed by atoms with van der Waals surface area (Å²) in [5, 5.41) is 30.4. The number of carboxylic acids is 1. The van der Waals surface area contributed by atoms with Gasteiger partial charge >= 0.3 is 12.0 Å². The number of anilines is 2. The van der Waals surface area contributed by atoms with Crippen LogP contribution in [-0.4, -0.2) is 75.4 Å². The number of aromatic nitrogens is 4. The van der Waals surface area contributed by atoms with Crippen LogP contribution in [0.15, 0.2) is 73.1 Å². The molecule has 0 saturated heterocycles. The van der Waals surface area contributed by atoms with Crippen LogP contribution in [-0.2, 0) is 20.7 Å². The van der Waals surface area contributed by atoms with Gasteiger partial charge in [-0.1, -0.05) is 23.7 Å². The summed E-state index contributed by atoms with van der Waals surface area (Å²) in [5.41, 5.74) is 1.61. The highest BCUT2D eigenvalue weighted by Gasteiger charge is 2.22. The lowest BCUT2D eigenvalue weighted by Crippen LogP contribution is -2.44. The molecule has 1 heterocycles. The molecule has 0 aliphatic rings. The molecule has 1 unspecified atom stereocenters. The van der Waals surface area contributed by atoms with Crippen molar-refractivity contribution in [3.63, 3.8) is 0 Å². The standard InChI is InChI=1S/C30H28ClFN8O6/c1-46-15-14-33-30(45)36-21-6-2-18(3-7-21)16-24(28(42)35-20-8-4-19(5-9-20)29(43)44)37-26(41)13-10-22-25(40-17-34-38-39-40)12-11-23(31)27(22)32/h2-13,17,24H,14-16H2,1H3,(H,35,42)(H,37,41)(H,43,44)(H2,33,36,45)/b13-10+. The average Bonchev–Trinajstić information content (AvgIpc) is 3.57. The normalized spacial score (nSPS) is 11.5. The van der Waals surface area contributed by atoms with Gasteiger partial charge < -0.3 is 31.1 Å². The van der Waals surface area contributed by atoms with E-state index in [2.05, 4.69) is 36.8 Å². The first-order chi connectivity index (χ1) is 22.1. The van der Waals surface area contributed by atoms with Crippen LogP contribution in [0.4, 0.5) is 20.6 Å². The number of halogens is 2. The molecule has 4 amide bonds. The summed E-state index contributed by atoms with van der Waals surface area (Å²) in [4.78, 5) is 49.6. The lowest BCUT2D eigenvalue weighted by atomic mass is 10.0. The fourth-order valence-electron chi connectivity index (χ4n) is 4.10. The molecule has 14 nitrogen and oxygen atoms in total. The lowest BCUT2D eigenvalue weighted by Gasteiger charge is -2.18. The number of nitrogens with zero attached hydrogens (tertiary/aromatic N) is 4. The maximum absolute atomic E-state index is 15.0. The van der Waals surface area contributed by atoms with Crippen LogP contribution in [0.25, 0.3) is 11.8 Å². The second-order valence-electron chi connectivity index (χ2n) is 9.59. The first kappa shape index (κ1) is 33.2. The third kappa shape index (κ3) is 9.17. The number of carboxylic acid groups (broad SMARTS) is 1. The van der Waals surface area contributed by atoms with E-state index in [0.29, 0.717) is 30.1 Å². The largest absolute Gasteiger partial charge is 0.478 e. The van der Waals surface area contributed by atoms with Gasteiger partial charge in [-0.25, -0.2) is 14.0 Å². The van der Waals surface area contributed by atoms with Gasteiger partial charge in [-0.3, -0.25) is 9.59 Å². The Morgan fingerprint density at radius 3 is 2.37 bits per heavy atom. The Balaban J connectivity index is 1.52. The number of aromatic carboxylic acids is 1. The highest BCUT2D eigenvalue weighted by atomic mass is 35.5. The number of carbonyl (C=O) groups is 4. The Hall–Kier alpha value is -5.67. The minimum Gasteiger partial charge on any atom is -0.478 e. The summed E-state index contributed by atoms with van der Waals surface area (Å²) >= 11 is 5.96. The van der Waals surface area contributed by atoms with Gasteiger partial charge in [-0.15, -0.1) is 5.10 Å². The average molecular weight is 651 g/mol. The molecule has 3 aromatic carbocycles. The van der Waals surface area contributed by atoms with Crippen molar-refractivity contribution in [2.75, 3.05) is 30.9 Å². The van der Waals surface area contributed by atoms with Gasteiger partial charge in [0.05, 0.1) is 22.9 Å². The van der Waals surface area contributed by atoms with Crippen molar-refractivity contribution in [3.05, 3.63) is 101 Å². The van der Waals surface area contributed by atoms with Crippen molar-refractivity contribution in [2.24, 2.45) is 0 Å². The molecule has 16 heteroatoms. The third-order valence-electron chi connectivity index (χ3n) is 6.38. The van der Waals surface area contributed by atoms with Gasteiger partial charge in [-0.2, -0.15) is 4.68 Å². The number of benzene rings is 3. The molecule has 238 valence electrons. The van der Waals surface area contributed by atoms with Gasteiger partial charge in [0.15, 0.2) is 5.82 Å². The zero-order chi connectivity index (χ0) is 33.1. The summed E-state index contributed by atoms with van der Waals surface area (Å²) in [6, 6.07) is 13.4. The molecule has 0 aliphatic heterocycles. The Morgan fingerprint density at radius 2 is 1.72 bits per heavy atom. The molecule has 5 N–H and O–H groups in total. The van der Waals surface area contributed by atoms with Crippen LogP contribution in [0, 0.1) is 5.82 Å². The van der Waals surface area contributed by atoms with Gasteiger partial charge in [0, 0.05) is 43.1 Å². The number of tetrazole rings is 1. The number of hydrogen-bond donors (Lipinski definition) is 5. The number of amides is 4. The lowest BCUT2D eigenvalue weighted by molar-refractivity contribution is -0.123. The number of nitrogens with one attached hydrogen (secondary N) is 4. The maximum atomic E-state index is 15.0. The summed E-state index contributed by atoms with van der Waals surface area (Å²) in [6.45, 7) is 0.683. The number of urea groups is 1. The van der Waals surface area contributed by atoms with Crippen LogP contribution in [0.5, 0.6) is 0 Å². The van der Waals surface area contributed by atoms with Crippen molar-refractivity contribution in [3.8, 4) is 5.69 Å². The zero-order valence-corrected chi connectivity index (χ0v) is 25.0. The van der Waals surface area contributed by atoms with E-state index in [9.17, 15) is 23.6 Å². The quantitative estimate of drug-likeness (QED) is 0.107. The van der Waals surface area contributed by atoms with E-state index in [4.69, 9.17) is 21.4 Å². The monoisotopic (exact) mass is 650 g/mol. The number of carbonyl (C=O) groups excluding carboxylic acids is 3. The molecule has 0 radical (unpaired) electrons. The third-order valence-corrected chi connectivity index (χ3v) is 6.67. The van der Waals surface area contributed by atoms with E-state index in [1.165, 1.54) is 60.6 Å². The van der Waals surface area contributed by atoms with Crippen molar-refractivity contribution >= 4 is 52.9 Å². The van der Waals surface area contributed by atoms with Gasteiger partial charge in [0.2, 0.25) is 11.8 Å². The fraction of sp³-hybridized carbons (Fsp3) is 0.167. The molecular formula is C30H28ClFN8O6. The first-order valence-corrected chi connectivity index (χ1v) is 14.0. The highest BCUT2D eigenvalue weighted by molar-refractivity contribution is 6.31. The molecule has 1 atom stereocenters.